The predicted octanol–water partition coefficient (Wildman–Crippen LogP) is 2.29. The molecular formula is C14H26N6. The van der Waals surface area contributed by atoms with E-state index in [-0.39, 0.29) is 5.95 Å². The van der Waals surface area contributed by atoms with E-state index < -0.39 is 0 Å². The van der Waals surface area contributed by atoms with Crippen molar-refractivity contribution in [2.24, 2.45) is 5.92 Å². The van der Waals surface area contributed by atoms with Crippen molar-refractivity contribution in [3.8, 4) is 0 Å². The maximum atomic E-state index is 5.81. The maximum Gasteiger partial charge on any atom is 0.231 e. The molecule has 0 bridgehead atoms. The van der Waals surface area contributed by atoms with Crippen molar-refractivity contribution in [1.29, 1.82) is 0 Å². The third-order valence-corrected chi connectivity index (χ3v) is 4.15. The van der Waals surface area contributed by atoms with Crippen LogP contribution in [0.15, 0.2) is 0 Å². The van der Waals surface area contributed by atoms with Crippen LogP contribution in [0.4, 0.5) is 17.8 Å². The number of rotatable bonds is 6. The molecule has 1 aromatic rings. The van der Waals surface area contributed by atoms with Crippen LogP contribution >= 0.6 is 0 Å². The van der Waals surface area contributed by atoms with Gasteiger partial charge in [0.05, 0.1) is 0 Å². The molecule has 0 spiro atoms. The average molecular weight is 278 g/mol. The quantitative estimate of drug-likeness (QED) is 0.831. The van der Waals surface area contributed by atoms with Crippen LogP contribution in [0.25, 0.3) is 0 Å². The Morgan fingerprint density at radius 3 is 2.45 bits per heavy atom. The third kappa shape index (κ3) is 3.49. The van der Waals surface area contributed by atoms with Gasteiger partial charge in [-0.3, -0.25) is 0 Å². The van der Waals surface area contributed by atoms with Crippen LogP contribution in [0.5, 0.6) is 0 Å². The molecule has 3 N–H and O–H groups in total. The second-order valence-electron chi connectivity index (χ2n) is 5.47. The van der Waals surface area contributed by atoms with Gasteiger partial charge in [0.25, 0.3) is 0 Å². The van der Waals surface area contributed by atoms with Crippen molar-refractivity contribution in [1.82, 2.24) is 15.0 Å². The predicted molar refractivity (Wildman–Crippen MR) is 82.8 cm³/mol. The number of nitrogens with two attached hydrogens (primary N) is 1. The maximum absolute atomic E-state index is 5.81. The number of hydrogen-bond donors (Lipinski definition) is 2. The van der Waals surface area contributed by atoms with E-state index in [9.17, 15) is 0 Å². The van der Waals surface area contributed by atoms with E-state index >= 15 is 0 Å². The summed E-state index contributed by atoms with van der Waals surface area (Å²) in [5.74, 6) is 2.25. The second-order valence-corrected chi connectivity index (χ2v) is 5.47. The van der Waals surface area contributed by atoms with Gasteiger partial charge in [-0.05, 0) is 39.5 Å². The van der Waals surface area contributed by atoms with E-state index in [1.807, 2.05) is 0 Å². The standard InChI is InChI=1S/C14H26N6/c1-4-20(5-2)14-18-12(15)17-13(19-14)16-10(3)11-8-6-7-9-11/h10-11H,4-9H2,1-3H3,(H3,15,16,17,18,19). The van der Waals surface area contributed by atoms with Gasteiger partial charge in [0.2, 0.25) is 17.8 Å². The molecule has 0 radical (unpaired) electrons. The lowest BCUT2D eigenvalue weighted by Gasteiger charge is -2.22. The normalized spacial score (nSPS) is 17.1. The van der Waals surface area contributed by atoms with Gasteiger partial charge in [0.1, 0.15) is 0 Å². The van der Waals surface area contributed by atoms with Crippen molar-refractivity contribution >= 4 is 17.8 Å². The van der Waals surface area contributed by atoms with Gasteiger partial charge in [-0.15, -0.1) is 0 Å². The largest absolute Gasteiger partial charge is 0.368 e. The molecule has 1 saturated carbocycles. The average Bonchev–Trinajstić information content (AvgIpc) is 2.93. The van der Waals surface area contributed by atoms with Crippen molar-refractivity contribution in [2.45, 2.75) is 52.5 Å². The Balaban J connectivity index is 2.10. The molecule has 20 heavy (non-hydrogen) atoms. The number of hydrogen-bond acceptors (Lipinski definition) is 6. The second kappa shape index (κ2) is 6.72. The topological polar surface area (TPSA) is 80.0 Å². The van der Waals surface area contributed by atoms with Crippen molar-refractivity contribution in [3.05, 3.63) is 0 Å². The minimum Gasteiger partial charge on any atom is -0.368 e. The lowest BCUT2D eigenvalue weighted by molar-refractivity contribution is 0.480. The molecule has 1 aromatic heterocycles. The van der Waals surface area contributed by atoms with Crippen molar-refractivity contribution in [2.75, 3.05) is 29.0 Å². The summed E-state index contributed by atoms with van der Waals surface area (Å²) in [6, 6.07) is 0.379. The van der Waals surface area contributed by atoms with Crippen LogP contribution in [-0.2, 0) is 0 Å². The van der Waals surface area contributed by atoms with Gasteiger partial charge in [-0.1, -0.05) is 12.8 Å². The molecule has 6 heteroatoms. The molecule has 1 atom stereocenters. The number of nitrogens with one attached hydrogen (secondary N) is 1. The molecule has 6 nitrogen and oxygen atoms in total. The van der Waals surface area contributed by atoms with Crippen LogP contribution in [0, 0.1) is 5.92 Å². The summed E-state index contributed by atoms with van der Waals surface area (Å²) in [6.45, 7) is 8.08. The Morgan fingerprint density at radius 1 is 1.20 bits per heavy atom. The first-order chi connectivity index (χ1) is 9.63. The molecular weight excluding hydrogens is 252 g/mol. The lowest BCUT2D eigenvalue weighted by Crippen LogP contribution is -2.28. The fourth-order valence-electron chi connectivity index (χ4n) is 2.87. The number of aromatic nitrogens is 3. The molecule has 0 amide bonds. The Hall–Kier alpha value is -1.59. The highest BCUT2D eigenvalue weighted by Gasteiger charge is 2.22. The smallest absolute Gasteiger partial charge is 0.231 e. The van der Waals surface area contributed by atoms with Gasteiger partial charge < -0.3 is 16.0 Å². The monoisotopic (exact) mass is 278 g/mol. The zero-order chi connectivity index (χ0) is 14.5. The Morgan fingerprint density at radius 2 is 1.85 bits per heavy atom. The summed E-state index contributed by atoms with van der Waals surface area (Å²) >= 11 is 0. The lowest BCUT2D eigenvalue weighted by atomic mass is 10.0. The minimum absolute atomic E-state index is 0.281. The fraction of sp³-hybridized carbons (Fsp3) is 0.786. The summed E-state index contributed by atoms with van der Waals surface area (Å²) < 4.78 is 0. The third-order valence-electron chi connectivity index (χ3n) is 4.15. The van der Waals surface area contributed by atoms with Crippen LogP contribution in [0.2, 0.25) is 0 Å². The van der Waals surface area contributed by atoms with Gasteiger partial charge in [-0.25, -0.2) is 0 Å². The molecule has 112 valence electrons. The summed E-state index contributed by atoms with van der Waals surface area (Å²) in [6.07, 6.45) is 5.25. The van der Waals surface area contributed by atoms with Crippen LogP contribution in [-0.4, -0.2) is 34.1 Å². The van der Waals surface area contributed by atoms with E-state index in [0.717, 1.165) is 13.1 Å². The van der Waals surface area contributed by atoms with E-state index in [2.05, 4.69) is 45.9 Å². The molecule has 1 fully saturated rings. The minimum atomic E-state index is 0.281. The zero-order valence-electron chi connectivity index (χ0n) is 12.8. The van der Waals surface area contributed by atoms with Crippen LogP contribution < -0.4 is 16.0 Å². The highest BCUT2D eigenvalue weighted by Crippen LogP contribution is 2.28. The van der Waals surface area contributed by atoms with Crippen LogP contribution in [0.3, 0.4) is 0 Å². The van der Waals surface area contributed by atoms with E-state index in [1.54, 1.807) is 0 Å². The molecule has 2 rings (SSSR count). The van der Waals surface area contributed by atoms with Crippen LogP contribution in [0.1, 0.15) is 46.5 Å². The number of anilines is 3. The summed E-state index contributed by atoms with van der Waals surface area (Å²) in [4.78, 5) is 15.0. The highest BCUT2D eigenvalue weighted by molar-refractivity contribution is 5.42. The number of nitrogen functional groups attached to an aromatic ring is 1. The van der Waals surface area contributed by atoms with Crippen molar-refractivity contribution in [3.63, 3.8) is 0 Å². The van der Waals surface area contributed by atoms with E-state index in [0.29, 0.717) is 23.9 Å². The first kappa shape index (κ1) is 14.8. The highest BCUT2D eigenvalue weighted by atomic mass is 15.3. The molecule has 1 aliphatic rings. The van der Waals surface area contributed by atoms with Crippen molar-refractivity contribution < 1.29 is 0 Å². The first-order valence-electron chi connectivity index (χ1n) is 7.67. The molecule has 0 aliphatic heterocycles. The molecule has 0 aromatic carbocycles. The summed E-state index contributed by atoms with van der Waals surface area (Å²) in [7, 11) is 0. The number of nitrogens with zero attached hydrogens (tertiary/aromatic N) is 4. The first-order valence-corrected chi connectivity index (χ1v) is 7.67. The van der Waals surface area contributed by atoms with Gasteiger partial charge in [0, 0.05) is 19.1 Å². The van der Waals surface area contributed by atoms with E-state index in [1.165, 1.54) is 25.7 Å². The summed E-state index contributed by atoms with van der Waals surface area (Å²) in [5.41, 5.74) is 5.81. The van der Waals surface area contributed by atoms with E-state index in [4.69, 9.17) is 5.73 Å². The zero-order valence-corrected chi connectivity index (χ0v) is 12.8. The molecule has 0 saturated heterocycles. The Kier molecular flexibility index (Phi) is 4.98. The Bertz CT molecular complexity index is 426. The fourth-order valence-corrected chi connectivity index (χ4v) is 2.87. The summed E-state index contributed by atoms with van der Waals surface area (Å²) in [5, 5.41) is 3.40. The van der Waals surface area contributed by atoms with Gasteiger partial charge in [-0.2, -0.15) is 15.0 Å². The van der Waals surface area contributed by atoms with Gasteiger partial charge in [0.15, 0.2) is 0 Å². The van der Waals surface area contributed by atoms with Gasteiger partial charge >= 0.3 is 0 Å². The molecule has 1 unspecified atom stereocenters. The Labute approximate surface area is 121 Å². The SMILES string of the molecule is CCN(CC)c1nc(N)nc(NC(C)C2CCCC2)n1. The molecule has 1 heterocycles. The molecule has 1 aliphatic carbocycles.